The van der Waals surface area contributed by atoms with E-state index in [0.717, 1.165) is 25.9 Å². The van der Waals surface area contributed by atoms with Crippen molar-refractivity contribution in [3.63, 3.8) is 0 Å². The van der Waals surface area contributed by atoms with Gasteiger partial charge in [-0.25, -0.2) is 0 Å². The molecule has 0 bridgehead atoms. The molecule has 3 heteroatoms. The molecular weight excluding hydrogens is 276 g/mol. The van der Waals surface area contributed by atoms with E-state index in [2.05, 4.69) is 19.1 Å². The molecule has 0 amide bonds. The highest BCUT2D eigenvalue weighted by atomic mass is 16.5. The first-order chi connectivity index (χ1) is 10.7. The zero-order chi connectivity index (χ0) is 16.0. The summed E-state index contributed by atoms with van der Waals surface area (Å²) in [6, 6.07) is 0. The standard InChI is InChI=1S/C19H34O3/c1-2-3-4-5-6-8-12-17-13-11-14-18(17)22-16-10-7-9-15-19(20)21/h8,12,17-18H,2-7,9-11,13-16H2,1H3,(H,20,21)/t17-,18-/m0/s1. The Balaban J connectivity index is 2.07. The minimum absolute atomic E-state index is 0.285. The van der Waals surface area contributed by atoms with Gasteiger partial charge < -0.3 is 9.84 Å². The van der Waals surface area contributed by atoms with Gasteiger partial charge in [0.1, 0.15) is 0 Å². The monoisotopic (exact) mass is 310 g/mol. The van der Waals surface area contributed by atoms with Crippen LogP contribution < -0.4 is 0 Å². The van der Waals surface area contributed by atoms with Crippen LogP contribution in [0.25, 0.3) is 0 Å². The Kier molecular flexibility index (Phi) is 11.1. The number of aliphatic carboxylic acids is 1. The van der Waals surface area contributed by atoms with Crippen LogP contribution in [0.15, 0.2) is 12.2 Å². The highest BCUT2D eigenvalue weighted by Crippen LogP contribution is 2.29. The Hall–Kier alpha value is -0.830. The van der Waals surface area contributed by atoms with Gasteiger partial charge in [0.05, 0.1) is 6.10 Å². The normalized spacial score (nSPS) is 21.7. The number of ether oxygens (including phenoxy) is 1. The molecule has 0 aromatic rings. The second-order valence-corrected chi connectivity index (χ2v) is 6.49. The minimum Gasteiger partial charge on any atom is -0.481 e. The van der Waals surface area contributed by atoms with Crippen molar-refractivity contribution in [3.05, 3.63) is 12.2 Å². The van der Waals surface area contributed by atoms with Gasteiger partial charge in [0.2, 0.25) is 0 Å². The molecule has 1 fully saturated rings. The summed E-state index contributed by atoms with van der Waals surface area (Å²) < 4.78 is 6.02. The van der Waals surface area contributed by atoms with Gasteiger partial charge in [-0.05, 0) is 38.5 Å². The molecule has 0 aromatic heterocycles. The molecule has 1 rings (SSSR count). The van der Waals surface area contributed by atoms with E-state index in [-0.39, 0.29) is 6.42 Å². The molecule has 128 valence electrons. The predicted molar refractivity (Wildman–Crippen MR) is 91.1 cm³/mol. The Morgan fingerprint density at radius 2 is 1.95 bits per heavy atom. The molecule has 0 spiro atoms. The van der Waals surface area contributed by atoms with Crippen LogP contribution >= 0.6 is 0 Å². The minimum atomic E-state index is -0.694. The van der Waals surface area contributed by atoms with Crippen molar-refractivity contribution < 1.29 is 14.6 Å². The number of carbonyl (C=O) groups is 1. The molecule has 1 aliphatic rings. The lowest BCUT2D eigenvalue weighted by molar-refractivity contribution is -0.137. The molecule has 2 atom stereocenters. The molecule has 0 heterocycles. The highest BCUT2D eigenvalue weighted by Gasteiger charge is 2.25. The van der Waals surface area contributed by atoms with Crippen LogP contribution in [0.4, 0.5) is 0 Å². The number of unbranched alkanes of at least 4 members (excludes halogenated alkanes) is 6. The summed E-state index contributed by atoms with van der Waals surface area (Å²) in [5, 5.41) is 8.59. The summed E-state index contributed by atoms with van der Waals surface area (Å²) in [5.74, 6) is -0.0916. The van der Waals surface area contributed by atoms with E-state index in [4.69, 9.17) is 9.84 Å². The number of hydrogen-bond acceptors (Lipinski definition) is 2. The fourth-order valence-electron chi connectivity index (χ4n) is 3.13. The van der Waals surface area contributed by atoms with Crippen molar-refractivity contribution in [2.75, 3.05) is 6.61 Å². The van der Waals surface area contributed by atoms with E-state index in [9.17, 15) is 4.79 Å². The maximum atomic E-state index is 10.4. The average Bonchev–Trinajstić information content (AvgIpc) is 2.93. The van der Waals surface area contributed by atoms with Crippen LogP contribution in [0.1, 0.15) is 84.0 Å². The Labute approximate surface area is 136 Å². The summed E-state index contributed by atoms with van der Waals surface area (Å²) in [7, 11) is 0. The Bertz CT molecular complexity index is 312. The molecule has 1 N–H and O–H groups in total. The molecule has 22 heavy (non-hydrogen) atoms. The molecular formula is C19H34O3. The van der Waals surface area contributed by atoms with Crippen LogP contribution in [-0.4, -0.2) is 23.8 Å². The smallest absolute Gasteiger partial charge is 0.303 e. The lowest BCUT2D eigenvalue weighted by atomic mass is 10.0. The first-order valence-corrected chi connectivity index (χ1v) is 9.24. The van der Waals surface area contributed by atoms with E-state index < -0.39 is 5.97 Å². The van der Waals surface area contributed by atoms with Crippen LogP contribution in [0, 0.1) is 5.92 Å². The van der Waals surface area contributed by atoms with Crippen molar-refractivity contribution in [1.29, 1.82) is 0 Å². The van der Waals surface area contributed by atoms with Crippen LogP contribution in [0.5, 0.6) is 0 Å². The van der Waals surface area contributed by atoms with Gasteiger partial charge in [-0.3, -0.25) is 4.79 Å². The molecule has 0 aromatic carbocycles. The van der Waals surface area contributed by atoms with E-state index in [1.54, 1.807) is 0 Å². The van der Waals surface area contributed by atoms with Crippen molar-refractivity contribution in [2.24, 2.45) is 5.92 Å². The summed E-state index contributed by atoms with van der Waals surface area (Å²) in [6.45, 7) is 3.03. The Morgan fingerprint density at radius 1 is 1.14 bits per heavy atom. The first-order valence-electron chi connectivity index (χ1n) is 9.24. The zero-order valence-corrected chi connectivity index (χ0v) is 14.3. The van der Waals surface area contributed by atoms with Gasteiger partial charge in [-0.15, -0.1) is 0 Å². The molecule has 1 aliphatic carbocycles. The third-order valence-electron chi connectivity index (χ3n) is 4.48. The maximum Gasteiger partial charge on any atom is 0.303 e. The fraction of sp³-hybridized carbons (Fsp3) is 0.842. The predicted octanol–water partition coefficient (Wildman–Crippen LogP) is 5.34. The summed E-state index contributed by atoms with van der Waals surface area (Å²) in [6.07, 6.45) is 18.4. The molecule has 0 radical (unpaired) electrons. The molecule has 0 unspecified atom stereocenters. The number of hydrogen-bond donors (Lipinski definition) is 1. The van der Waals surface area contributed by atoms with Gasteiger partial charge in [0, 0.05) is 18.9 Å². The molecule has 1 saturated carbocycles. The SMILES string of the molecule is CCCCCCC=C[C@H]1CCC[C@@H]1OCCCCCC(=O)O. The van der Waals surface area contributed by atoms with E-state index in [0.29, 0.717) is 12.0 Å². The number of carboxylic acids is 1. The van der Waals surface area contributed by atoms with Gasteiger partial charge in [0.15, 0.2) is 0 Å². The fourth-order valence-corrected chi connectivity index (χ4v) is 3.13. The lowest BCUT2D eigenvalue weighted by Crippen LogP contribution is -2.17. The summed E-state index contributed by atoms with van der Waals surface area (Å²) in [4.78, 5) is 10.4. The first kappa shape index (κ1) is 19.2. The average molecular weight is 310 g/mol. The molecule has 0 saturated heterocycles. The summed E-state index contributed by atoms with van der Waals surface area (Å²) in [5.41, 5.74) is 0. The molecule has 3 nitrogen and oxygen atoms in total. The highest BCUT2D eigenvalue weighted by molar-refractivity contribution is 5.66. The van der Waals surface area contributed by atoms with Gasteiger partial charge >= 0.3 is 5.97 Å². The quantitative estimate of drug-likeness (QED) is 0.369. The van der Waals surface area contributed by atoms with E-state index in [1.165, 1.54) is 51.4 Å². The van der Waals surface area contributed by atoms with Gasteiger partial charge in [-0.2, -0.15) is 0 Å². The van der Waals surface area contributed by atoms with Crippen LogP contribution in [0.3, 0.4) is 0 Å². The van der Waals surface area contributed by atoms with Crippen molar-refractivity contribution in [1.82, 2.24) is 0 Å². The molecule has 0 aliphatic heterocycles. The maximum absolute atomic E-state index is 10.4. The second-order valence-electron chi connectivity index (χ2n) is 6.49. The lowest BCUT2D eigenvalue weighted by Gasteiger charge is -2.17. The number of rotatable bonds is 13. The van der Waals surface area contributed by atoms with Crippen LogP contribution in [0.2, 0.25) is 0 Å². The second kappa shape index (κ2) is 12.7. The number of allylic oxidation sites excluding steroid dienone is 1. The third kappa shape index (κ3) is 9.24. The van der Waals surface area contributed by atoms with Gasteiger partial charge in [-0.1, -0.05) is 51.2 Å². The largest absolute Gasteiger partial charge is 0.481 e. The van der Waals surface area contributed by atoms with Crippen molar-refractivity contribution in [2.45, 2.75) is 90.1 Å². The zero-order valence-electron chi connectivity index (χ0n) is 14.3. The van der Waals surface area contributed by atoms with Crippen LogP contribution in [-0.2, 0) is 9.53 Å². The third-order valence-corrected chi connectivity index (χ3v) is 4.48. The topological polar surface area (TPSA) is 46.5 Å². The van der Waals surface area contributed by atoms with Gasteiger partial charge in [0.25, 0.3) is 0 Å². The Morgan fingerprint density at radius 3 is 2.73 bits per heavy atom. The summed E-state index contributed by atoms with van der Waals surface area (Å²) >= 11 is 0. The number of carboxylic acid groups (broad SMARTS) is 1. The van der Waals surface area contributed by atoms with Crippen molar-refractivity contribution in [3.8, 4) is 0 Å². The van der Waals surface area contributed by atoms with E-state index in [1.807, 2.05) is 0 Å². The van der Waals surface area contributed by atoms with Crippen molar-refractivity contribution >= 4 is 5.97 Å². The van der Waals surface area contributed by atoms with E-state index >= 15 is 0 Å².